The number of nitrogens with one attached hydrogen (secondary N) is 2. The van der Waals surface area contributed by atoms with Crippen LogP contribution in [0.1, 0.15) is 24.4 Å². The number of nitriles is 1. The molecule has 0 saturated heterocycles. The minimum absolute atomic E-state index is 0.183. The fraction of sp³-hybridized carbons (Fsp3) is 0.412. The smallest absolute Gasteiger partial charge is 0.336 e. The van der Waals surface area contributed by atoms with Crippen LogP contribution in [0.4, 0.5) is 13.2 Å². The molecule has 1 aromatic carbocycles. The molecule has 1 aromatic heterocycles. The average molecular weight is 459 g/mol. The van der Waals surface area contributed by atoms with Crippen LogP contribution in [0.2, 0.25) is 0 Å². The van der Waals surface area contributed by atoms with Gasteiger partial charge >= 0.3 is 6.18 Å². The molecule has 0 unspecified atom stereocenters. The molecule has 1 fully saturated rings. The van der Waals surface area contributed by atoms with Gasteiger partial charge in [0.2, 0.25) is 20.1 Å². The van der Waals surface area contributed by atoms with Gasteiger partial charge in [-0.25, -0.2) is 8.42 Å². The van der Waals surface area contributed by atoms with Crippen LogP contribution in [-0.2, 0) is 14.6 Å². The van der Waals surface area contributed by atoms with Crippen molar-refractivity contribution in [3.05, 3.63) is 41.4 Å². The van der Waals surface area contributed by atoms with Crippen molar-refractivity contribution < 1.29 is 26.4 Å². The van der Waals surface area contributed by atoms with E-state index in [4.69, 9.17) is 5.26 Å². The second-order valence-electron chi connectivity index (χ2n) is 6.77. The molecule has 1 heterocycles. The monoisotopic (exact) mass is 459 g/mol. The van der Waals surface area contributed by atoms with Gasteiger partial charge in [0.15, 0.2) is 0 Å². The predicted molar refractivity (Wildman–Crippen MR) is 99.8 cm³/mol. The number of benzene rings is 1. The Hall–Kier alpha value is -2.56. The van der Waals surface area contributed by atoms with E-state index in [0.717, 1.165) is 5.51 Å². The maximum absolute atomic E-state index is 13.7. The van der Waals surface area contributed by atoms with Crippen LogP contribution < -0.4 is 10.6 Å². The maximum Gasteiger partial charge on any atom is 0.407 e. The number of halogens is 3. The lowest BCUT2D eigenvalue weighted by Gasteiger charge is -2.27. The van der Waals surface area contributed by atoms with E-state index in [1.54, 1.807) is 0 Å². The fourth-order valence-electron chi connectivity index (χ4n) is 2.73. The van der Waals surface area contributed by atoms with Crippen molar-refractivity contribution in [1.29, 1.82) is 5.26 Å². The first-order valence-corrected chi connectivity index (χ1v) is 11.2. The maximum atomic E-state index is 13.7. The third kappa shape index (κ3) is 5.13. The minimum Gasteiger partial charge on any atom is -0.336 e. The van der Waals surface area contributed by atoms with Crippen molar-refractivity contribution >= 4 is 27.1 Å². The first-order chi connectivity index (χ1) is 14.1. The van der Waals surface area contributed by atoms with Gasteiger partial charge in [-0.15, -0.1) is 10.2 Å². The van der Waals surface area contributed by atoms with Crippen molar-refractivity contribution in [2.45, 2.75) is 41.0 Å². The Morgan fingerprint density at radius 3 is 2.47 bits per heavy atom. The first-order valence-electron chi connectivity index (χ1n) is 8.66. The van der Waals surface area contributed by atoms with Gasteiger partial charge < -0.3 is 5.32 Å². The highest BCUT2D eigenvalue weighted by Crippen LogP contribution is 2.35. The third-order valence-corrected chi connectivity index (χ3v) is 7.38. The molecule has 2 N–H and O–H groups in total. The quantitative estimate of drug-likeness (QED) is 0.616. The summed E-state index contributed by atoms with van der Waals surface area (Å²) in [5, 5.41) is 20.5. The number of sulfone groups is 1. The van der Waals surface area contributed by atoms with Gasteiger partial charge in [-0.05, 0) is 18.4 Å². The van der Waals surface area contributed by atoms with Crippen LogP contribution >= 0.6 is 11.3 Å². The lowest BCUT2D eigenvalue weighted by atomic mass is 10.1. The molecule has 8 nitrogen and oxygen atoms in total. The third-order valence-electron chi connectivity index (χ3n) is 4.46. The van der Waals surface area contributed by atoms with Crippen LogP contribution in [0.5, 0.6) is 0 Å². The number of amides is 1. The zero-order valence-electron chi connectivity index (χ0n) is 15.3. The summed E-state index contributed by atoms with van der Waals surface area (Å²) in [5.41, 5.74) is -0.200. The average Bonchev–Trinajstić information content (AvgIpc) is 3.22. The summed E-state index contributed by atoms with van der Waals surface area (Å²) >= 11 is 0.690. The standard InChI is InChI=1S/C17H16F3N5O3S2/c18-17(19,20)13(11-4-2-1-3-5-11)23-12(14(26)24-16(9-21)6-7-16)8-30(27,28)15-25-22-10-29-15/h1-5,10,12-13,23H,6-8H2,(H,24,26)/t12-,13-/m0/s1. The largest absolute Gasteiger partial charge is 0.407 e. The molecule has 0 spiro atoms. The zero-order valence-corrected chi connectivity index (χ0v) is 16.9. The molecule has 30 heavy (non-hydrogen) atoms. The Morgan fingerprint density at radius 2 is 1.97 bits per heavy atom. The molecular weight excluding hydrogens is 443 g/mol. The Balaban J connectivity index is 1.91. The second-order valence-corrected chi connectivity index (χ2v) is 9.81. The molecule has 1 saturated carbocycles. The summed E-state index contributed by atoms with van der Waals surface area (Å²) in [4.78, 5) is 12.7. The molecule has 13 heteroatoms. The second kappa shape index (κ2) is 8.29. The van der Waals surface area contributed by atoms with Gasteiger partial charge in [-0.1, -0.05) is 41.7 Å². The number of alkyl halides is 3. The number of nitrogens with zero attached hydrogens (tertiary/aromatic N) is 3. The summed E-state index contributed by atoms with van der Waals surface area (Å²) in [6.45, 7) is 0. The van der Waals surface area contributed by atoms with E-state index >= 15 is 0 Å². The van der Waals surface area contributed by atoms with E-state index in [9.17, 15) is 26.4 Å². The summed E-state index contributed by atoms with van der Waals surface area (Å²) in [5.74, 6) is -1.98. The molecule has 1 amide bonds. The molecule has 0 radical (unpaired) electrons. The van der Waals surface area contributed by atoms with Crippen molar-refractivity contribution in [1.82, 2.24) is 20.8 Å². The van der Waals surface area contributed by atoms with E-state index in [1.807, 2.05) is 6.07 Å². The molecular formula is C17H16F3N5O3S2. The Bertz CT molecular complexity index is 1030. The van der Waals surface area contributed by atoms with Crippen LogP contribution in [-0.4, -0.2) is 48.0 Å². The predicted octanol–water partition coefficient (Wildman–Crippen LogP) is 1.75. The van der Waals surface area contributed by atoms with Gasteiger partial charge in [0.25, 0.3) is 0 Å². The summed E-state index contributed by atoms with van der Waals surface area (Å²) in [7, 11) is -4.21. The molecule has 1 aliphatic carbocycles. The highest BCUT2D eigenvalue weighted by Gasteiger charge is 2.48. The van der Waals surface area contributed by atoms with E-state index < -0.39 is 49.6 Å². The van der Waals surface area contributed by atoms with E-state index in [2.05, 4.69) is 20.8 Å². The van der Waals surface area contributed by atoms with E-state index in [-0.39, 0.29) is 5.56 Å². The number of hydrogen-bond acceptors (Lipinski definition) is 8. The first kappa shape index (κ1) is 22.1. The van der Waals surface area contributed by atoms with E-state index in [0.29, 0.717) is 24.2 Å². The van der Waals surface area contributed by atoms with Crippen LogP contribution in [0.15, 0.2) is 40.2 Å². The van der Waals surface area contributed by atoms with E-state index in [1.165, 1.54) is 30.3 Å². The topological polar surface area (TPSA) is 125 Å². The number of aromatic nitrogens is 2. The number of carbonyl (C=O) groups excluding carboxylic acids is 1. The molecule has 1 aliphatic rings. The van der Waals surface area contributed by atoms with Gasteiger partial charge in [0, 0.05) is 0 Å². The van der Waals surface area contributed by atoms with Gasteiger partial charge in [0.1, 0.15) is 23.1 Å². The van der Waals surface area contributed by atoms with Crippen LogP contribution in [0, 0.1) is 11.3 Å². The highest BCUT2D eigenvalue weighted by molar-refractivity contribution is 7.93. The van der Waals surface area contributed by atoms with Gasteiger partial charge in [-0.2, -0.15) is 18.4 Å². The lowest BCUT2D eigenvalue weighted by Crippen LogP contribution is -2.54. The van der Waals surface area contributed by atoms with Crippen LogP contribution in [0.3, 0.4) is 0 Å². The lowest BCUT2D eigenvalue weighted by molar-refractivity contribution is -0.160. The highest BCUT2D eigenvalue weighted by atomic mass is 32.2. The molecule has 0 aliphatic heterocycles. The van der Waals surface area contributed by atoms with Crippen molar-refractivity contribution in [3.8, 4) is 6.07 Å². The Morgan fingerprint density at radius 1 is 1.30 bits per heavy atom. The molecule has 0 bridgehead atoms. The summed E-state index contributed by atoms with van der Waals surface area (Å²) < 4.78 is 65.9. The molecule has 160 valence electrons. The van der Waals surface area contributed by atoms with Crippen molar-refractivity contribution in [2.24, 2.45) is 0 Å². The number of carbonyl (C=O) groups is 1. The van der Waals surface area contributed by atoms with Crippen molar-refractivity contribution in [3.63, 3.8) is 0 Å². The number of rotatable bonds is 8. The summed E-state index contributed by atoms with van der Waals surface area (Å²) in [6, 6.07) is 4.59. The molecule has 3 rings (SSSR count). The van der Waals surface area contributed by atoms with Gasteiger partial charge in [0.05, 0.1) is 11.8 Å². The number of hydrogen-bond donors (Lipinski definition) is 2. The van der Waals surface area contributed by atoms with Gasteiger partial charge in [-0.3, -0.25) is 10.1 Å². The Kier molecular flexibility index (Phi) is 6.11. The normalized spacial score (nSPS) is 17.5. The van der Waals surface area contributed by atoms with Crippen molar-refractivity contribution in [2.75, 3.05) is 5.75 Å². The molecule has 2 aromatic rings. The molecule has 2 atom stereocenters. The summed E-state index contributed by atoms with van der Waals surface area (Å²) in [6.07, 6.45) is -4.13. The SMILES string of the molecule is N#CC1(NC(=O)[C@H](CS(=O)(=O)c2nncs2)N[C@@H](c2ccccc2)C(F)(F)F)CC1. The zero-order chi connectivity index (χ0) is 22.0. The Labute approximate surface area is 174 Å². The minimum atomic E-state index is -4.81. The van der Waals surface area contributed by atoms with Crippen LogP contribution in [0.25, 0.3) is 0 Å². The fourth-order valence-corrected chi connectivity index (χ4v) is 4.93.